The SMILES string of the molecule is CC(C)CCC(C)C.CC1CCC(C)OC1.[HH]. The first-order chi connectivity index (χ1) is 7.41. The van der Waals surface area contributed by atoms with Crippen LogP contribution < -0.4 is 0 Å². The number of ether oxygens (including phenoxy) is 1. The molecule has 0 aromatic carbocycles. The molecule has 0 aromatic heterocycles. The second-order valence-electron chi connectivity index (χ2n) is 6.19. The smallest absolute Gasteiger partial charge is 0.0547 e. The maximum atomic E-state index is 5.39. The lowest BCUT2D eigenvalue weighted by Crippen LogP contribution is -2.21. The van der Waals surface area contributed by atoms with E-state index in [1.165, 1.54) is 25.7 Å². The molecule has 100 valence electrons. The molecule has 1 heterocycles. The van der Waals surface area contributed by atoms with Gasteiger partial charge in [-0.25, -0.2) is 0 Å². The summed E-state index contributed by atoms with van der Waals surface area (Å²) in [5, 5.41) is 0. The van der Waals surface area contributed by atoms with Crippen LogP contribution in [0, 0.1) is 17.8 Å². The van der Waals surface area contributed by atoms with E-state index in [2.05, 4.69) is 41.5 Å². The van der Waals surface area contributed by atoms with Gasteiger partial charge in [0.05, 0.1) is 6.10 Å². The van der Waals surface area contributed by atoms with Crippen molar-refractivity contribution < 1.29 is 6.16 Å². The van der Waals surface area contributed by atoms with Crippen molar-refractivity contribution in [3.05, 3.63) is 0 Å². The van der Waals surface area contributed by atoms with Crippen LogP contribution in [0.1, 0.15) is 68.7 Å². The fourth-order valence-corrected chi connectivity index (χ4v) is 1.68. The molecule has 1 nitrogen and oxygen atoms in total. The first-order valence-electron chi connectivity index (χ1n) is 7.03. The Balaban J connectivity index is 0. The summed E-state index contributed by atoms with van der Waals surface area (Å²) >= 11 is 0. The molecule has 2 atom stereocenters. The quantitative estimate of drug-likeness (QED) is 0.652. The highest BCUT2D eigenvalue weighted by molar-refractivity contribution is 4.62. The summed E-state index contributed by atoms with van der Waals surface area (Å²) in [6, 6.07) is 0. The fraction of sp³-hybridized carbons (Fsp3) is 1.00. The van der Waals surface area contributed by atoms with E-state index >= 15 is 0 Å². The van der Waals surface area contributed by atoms with Gasteiger partial charge in [0.2, 0.25) is 0 Å². The largest absolute Gasteiger partial charge is 0.378 e. The molecule has 0 aromatic rings. The summed E-state index contributed by atoms with van der Waals surface area (Å²) < 4.78 is 5.39. The van der Waals surface area contributed by atoms with Gasteiger partial charge >= 0.3 is 0 Å². The van der Waals surface area contributed by atoms with Gasteiger partial charge in [0.15, 0.2) is 0 Å². The molecule has 0 N–H and O–H groups in total. The normalized spacial score (nSPS) is 25.5. The third-order valence-electron chi connectivity index (χ3n) is 3.05. The molecule has 1 heteroatoms. The molecular formula is C15H34O. The average Bonchev–Trinajstić information content (AvgIpc) is 2.20. The fourth-order valence-electron chi connectivity index (χ4n) is 1.68. The van der Waals surface area contributed by atoms with Gasteiger partial charge in [0.25, 0.3) is 0 Å². The summed E-state index contributed by atoms with van der Waals surface area (Å²) in [6.07, 6.45) is 5.89. The molecule has 1 aliphatic heterocycles. The van der Waals surface area contributed by atoms with E-state index in [1.807, 2.05) is 0 Å². The van der Waals surface area contributed by atoms with Crippen molar-refractivity contribution in [3.63, 3.8) is 0 Å². The van der Waals surface area contributed by atoms with Gasteiger partial charge in [-0.15, -0.1) is 0 Å². The van der Waals surface area contributed by atoms with Gasteiger partial charge in [0, 0.05) is 8.03 Å². The van der Waals surface area contributed by atoms with E-state index in [9.17, 15) is 0 Å². The Morgan fingerprint density at radius 3 is 1.75 bits per heavy atom. The van der Waals surface area contributed by atoms with Crippen LogP contribution in [0.3, 0.4) is 0 Å². The van der Waals surface area contributed by atoms with Gasteiger partial charge in [0.1, 0.15) is 0 Å². The predicted octanol–water partition coefficient (Wildman–Crippen LogP) is 5.15. The maximum absolute atomic E-state index is 5.39. The molecule has 1 saturated heterocycles. The molecule has 16 heavy (non-hydrogen) atoms. The van der Waals surface area contributed by atoms with Gasteiger partial charge in [-0.3, -0.25) is 0 Å². The van der Waals surface area contributed by atoms with Crippen LogP contribution in [0.5, 0.6) is 0 Å². The van der Waals surface area contributed by atoms with Crippen molar-refractivity contribution in [1.29, 1.82) is 0 Å². The second kappa shape index (κ2) is 9.04. The van der Waals surface area contributed by atoms with Gasteiger partial charge in [-0.1, -0.05) is 47.5 Å². The van der Waals surface area contributed by atoms with Gasteiger partial charge in [-0.05, 0) is 37.5 Å². The molecule has 0 amide bonds. The van der Waals surface area contributed by atoms with Crippen LogP contribution in [0.25, 0.3) is 0 Å². The van der Waals surface area contributed by atoms with Crippen LogP contribution in [0.15, 0.2) is 0 Å². The molecule has 0 saturated carbocycles. The van der Waals surface area contributed by atoms with Crippen molar-refractivity contribution in [2.24, 2.45) is 17.8 Å². The zero-order valence-corrected chi connectivity index (χ0v) is 12.3. The molecule has 1 aliphatic rings. The van der Waals surface area contributed by atoms with Crippen LogP contribution in [-0.4, -0.2) is 12.7 Å². The summed E-state index contributed by atoms with van der Waals surface area (Å²) in [5.74, 6) is 2.57. The van der Waals surface area contributed by atoms with Crippen LogP contribution >= 0.6 is 0 Å². The molecule has 0 aliphatic carbocycles. The lowest BCUT2D eigenvalue weighted by molar-refractivity contribution is 0.000267. The zero-order chi connectivity index (χ0) is 12.6. The van der Waals surface area contributed by atoms with Crippen molar-refractivity contribution in [1.82, 2.24) is 0 Å². The highest BCUT2D eigenvalue weighted by atomic mass is 16.5. The van der Waals surface area contributed by atoms with Gasteiger partial charge in [-0.2, -0.15) is 0 Å². The Morgan fingerprint density at radius 1 is 1.00 bits per heavy atom. The summed E-state index contributed by atoms with van der Waals surface area (Å²) in [6.45, 7) is 14.5. The molecule has 1 fully saturated rings. The van der Waals surface area contributed by atoms with Crippen molar-refractivity contribution in [3.8, 4) is 0 Å². The molecule has 2 unspecified atom stereocenters. The average molecular weight is 230 g/mol. The monoisotopic (exact) mass is 230 g/mol. The van der Waals surface area contributed by atoms with E-state index < -0.39 is 0 Å². The van der Waals surface area contributed by atoms with Crippen molar-refractivity contribution >= 4 is 0 Å². The highest BCUT2D eigenvalue weighted by Crippen LogP contribution is 2.16. The zero-order valence-electron chi connectivity index (χ0n) is 12.3. The summed E-state index contributed by atoms with van der Waals surface area (Å²) in [7, 11) is 0. The Kier molecular flexibility index (Phi) is 9.02. The first kappa shape index (κ1) is 16.0. The van der Waals surface area contributed by atoms with Crippen molar-refractivity contribution in [2.45, 2.75) is 73.3 Å². The van der Waals surface area contributed by atoms with E-state index in [0.717, 1.165) is 24.4 Å². The molecule has 1 rings (SSSR count). The summed E-state index contributed by atoms with van der Waals surface area (Å²) in [4.78, 5) is 0. The highest BCUT2D eigenvalue weighted by Gasteiger charge is 2.13. The van der Waals surface area contributed by atoms with E-state index in [4.69, 9.17) is 4.74 Å². The lowest BCUT2D eigenvalue weighted by Gasteiger charge is -2.23. The third-order valence-corrected chi connectivity index (χ3v) is 3.05. The Hall–Kier alpha value is -0.0400. The van der Waals surface area contributed by atoms with Crippen LogP contribution in [0.2, 0.25) is 0 Å². The first-order valence-corrected chi connectivity index (χ1v) is 7.03. The van der Waals surface area contributed by atoms with Crippen molar-refractivity contribution in [2.75, 3.05) is 6.61 Å². The summed E-state index contributed by atoms with van der Waals surface area (Å²) in [5.41, 5.74) is 0. The third kappa shape index (κ3) is 10.5. The molecular weight excluding hydrogens is 196 g/mol. The number of hydrogen-bond acceptors (Lipinski definition) is 1. The Labute approximate surface area is 104 Å². The minimum atomic E-state index is 0. The Bertz CT molecular complexity index is 131. The minimum Gasteiger partial charge on any atom is -0.378 e. The predicted molar refractivity (Wildman–Crippen MR) is 74.8 cm³/mol. The molecule has 0 radical (unpaired) electrons. The van der Waals surface area contributed by atoms with Crippen LogP contribution in [0.4, 0.5) is 0 Å². The standard InChI is InChI=1S/C8H18.C7H14O.H2/c1-7(2)5-6-8(3)4;1-6-3-4-7(2)8-5-6;/h7-8H,5-6H2,1-4H3;6-7H,3-5H2,1-2H3;1H. The van der Waals surface area contributed by atoms with E-state index in [1.54, 1.807) is 0 Å². The van der Waals surface area contributed by atoms with Crippen LogP contribution in [-0.2, 0) is 4.74 Å². The minimum absolute atomic E-state index is 0. The maximum Gasteiger partial charge on any atom is 0.0547 e. The van der Waals surface area contributed by atoms with E-state index in [-0.39, 0.29) is 1.43 Å². The Morgan fingerprint density at radius 2 is 1.50 bits per heavy atom. The second-order valence-corrected chi connectivity index (χ2v) is 6.19. The number of rotatable bonds is 3. The lowest BCUT2D eigenvalue weighted by atomic mass is 10.0. The number of hydrogen-bond donors (Lipinski definition) is 0. The molecule has 0 spiro atoms. The van der Waals surface area contributed by atoms with E-state index in [0.29, 0.717) is 6.10 Å². The topological polar surface area (TPSA) is 9.23 Å². The molecule has 0 bridgehead atoms. The van der Waals surface area contributed by atoms with Gasteiger partial charge < -0.3 is 4.74 Å².